The van der Waals surface area contributed by atoms with Crippen molar-refractivity contribution in [3.05, 3.63) is 113 Å². The van der Waals surface area contributed by atoms with E-state index in [1.54, 1.807) is 22.7 Å². The van der Waals surface area contributed by atoms with Crippen molar-refractivity contribution in [2.45, 2.75) is 12.8 Å². The van der Waals surface area contributed by atoms with Gasteiger partial charge in [0.15, 0.2) is 0 Å². The zero-order valence-corrected chi connectivity index (χ0v) is 18.0. The molecular formula is C23H16Cl2OS2. The number of hydrogen-bond acceptors (Lipinski definition) is 3. The second-order valence-corrected chi connectivity index (χ2v) is 9.68. The number of halogens is 2. The number of ketones is 1. The van der Waals surface area contributed by atoms with Gasteiger partial charge >= 0.3 is 0 Å². The summed E-state index contributed by atoms with van der Waals surface area (Å²) in [5, 5.41) is 1.47. The topological polar surface area (TPSA) is 17.1 Å². The van der Waals surface area contributed by atoms with Crippen molar-refractivity contribution >= 4 is 51.7 Å². The Morgan fingerprint density at radius 2 is 1.14 bits per heavy atom. The van der Waals surface area contributed by atoms with Gasteiger partial charge in [0.25, 0.3) is 0 Å². The molecule has 0 saturated carbocycles. The zero-order chi connectivity index (χ0) is 19.5. The first-order chi connectivity index (χ1) is 13.6. The highest BCUT2D eigenvalue weighted by Crippen LogP contribution is 2.27. The molecule has 0 spiro atoms. The van der Waals surface area contributed by atoms with E-state index in [1.807, 2.05) is 60.7 Å². The summed E-state index contributed by atoms with van der Waals surface area (Å²) < 4.78 is 0. The molecule has 0 saturated heterocycles. The van der Waals surface area contributed by atoms with E-state index in [0.29, 0.717) is 0 Å². The van der Waals surface area contributed by atoms with E-state index < -0.39 is 0 Å². The molecule has 0 radical (unpaired) electrons. The molecule has 4 aromatic rings. The molecule has 0 amide bonds. The molecule has 140 valence electrons. The van der Waals surface area contributed by atoms with Crippen molar-refractivity contribution in [1.29, 1.82) is 0 Å². The number of hydrogen-bond donors (Lipinski definition) is 0. The third-order valence-corrected chi connectivity index (χ3v) is 6.94. The van der Waals surface area contributed by atoms with Crippen LogP contribution in [-0.4, -0.2) is 5.78 Å². The Balaban J connectivity index is 1.46. The fourth-order valence-electron chi connectivity index (χ4n) is 3.01. The van der Waals surface area contributed by atoms with Crippen LogP contribution in [0.15, 0.2) is 72.8 Å². The van der Waals surface area contributed by atoms with Gasteiger partial charge in [0.2, 0.25) is 5.78 Å². The van der Waals surface area contributed by atoms with Crippen LogP contribution in [0, 0.1) is 0 Å². The minimum atomic E-state index is 0.0877. The molecule has 28 heavy (non-hydrogen) atoms. The van der Waals surface area contributed by atoms with Gasteiger partial charge in [-0.2, -0.15) is 0 Å². The van der Waals surface area contributed by atoms with E-state index in [2.05, 4.69) is 12.1 Å². The Labute approximate surface area is 182 Å². The summed E-state index contributed by atoms with van der Waals surface area (Å²) in [5.41, 5.74) is 2.29. The van der Waals surface area contributed by atoms with Gasteiger partial charge in [-0.1, -0.05) is 47.5 Å². The minimum Gasteiger partial charge on any atom is -0.287 e. The van der Waals surface area contributed by atoms with Gasteiger partial charge in [0.1, 0.15) is 0 Å². The molecule has 0 atom stereocenters. The second kappa shape index (κ2) is 8.62. The van der Waals surface area contributed by atoms with Crippen molar-refractivity contribution in [3.8, 4) is 0 Å². The summed E-state index contributed by atoms with van der Waals surface area (Å²) in [4.78, 5) is 16.7. The molecule has 1 nitrogen and oxygen atoms in total. The maximum atomic E-state index is 12.9. The van der Waals surface area contributed by atoms with Gasteiger partial charge in [0, 0.05) is 32.6 Å². The lowest BCUT2D eigenvalue weighted by Crippen LogP contribution is -1.94. The van der Waals surface area contributed by atoms with Crippen LogP contribution in [0.25, 0.3) is 0 Å². The highest BCUT2D eigenvalue weighted by molar-refractivity contribution is 7.17. The standard InChI is InChI=1S/C23H16Cl2OS2/c24-17-5-1-3-15(11-17)13-19-7-9-21(27-19)23(26)22-10-8-20(28-22)14-16-4-2-6-18(25)12-16/h1-12H,13-14H2. The molecule has 4 rings (SSSR count). The lowest BCUT2D eigenvalue weighted by molar-refractivity contribution is 0.104. The van der Waals surface area contributed by atoms with Crippen LogP contribution in [0.3, 0.4) is 0 Å². The number of carbonyl (C=O) groups is 1. The van der Waals surface area contributed by atoms with Gasteiger partial charge in [-0.15, -0.1) is 22.7 Å². The smallest absolute Gasteiger partial charge is 0.212 e. The molecule has 0 unspecified atom stereocenters. The predicted octanol–water partition coefficient (Wildman–Crippen LogP) is 7.53. The number of thiophene rings is 2. The molecule has 0 bridgehead atoms. The van der Waals surface area contributed by atoms with Crippen molar-refractivity contribution in [3.63, 3.8) is 0 Å². The summed E-state index contributed by atoms with van der Waals surface area (Å²) in [6.45, 7) is 0. The Bertz CT molecular complexity index is 1040. The Kier molecular flexibility index (Phi) is 5.98. The first kappa shape index (κ1) is 19.4. The van der Waals surface area contributed by atoms with E-state index in [-0.39, 0.29) is 5.78 Å². The fraction of sp³-hybridized carbons (Fsp3) is 0.0870. The normalized spacial score (nSPS) is 10.9. The Hall–Kier alpha value is -1.91. The van der Waals surface area contributed by atoms with E-state index in [9.17, 15) is 4.79 Å². The van der Waals surface area contributed by atoms with E-state index in [0.717, 1.165) is 53.5 Å². The van der Waals surface area contributed by atoms with E-state index >= 15 is 0 Å². The molecule has 2 heterocycles. The second-order valence-electron chi connectivity index (χ2n) is 6.47. The summed E-state index contributed by atoms with van der Waals surface area (Å²) in [6.07, 6.45) is 1.56. The quantitative estimate of drug-likeness (QED) is 0.282. The highest BCUT2D eigenvalue weighted by atomic mass is 35.5. The molecule has 0 aliphatic heterocycles. The van der Waals surface area contributed by atoms with Gasteiger partial charge < -0.3 is 0 Å². The lowest BCUT2D eigenvalue weighted by Gasteiger charge is -1.99. The molecule has 0 N–H and O–H groups in total. The van der Waals surface area contributed by atoms with Crippen molar-refractivity contribution < 1.29 is 4.79 Å². The third-order valence-electron chi connectivity index (χ3n) is 4.31. The van der Waals surface area contributed by atoms with Crippen LogP contribution >= 0.6 is 45.9 Å². The molecule has 2 aromatic carbocycles. The van der Waals surface area contributed by atoms with Gasteiger partial charge in [-0.3, -0.25) is 4.79 Å². The van der Waals surface area contributed by atoms with Crippen molar-refractivity contribution in [2.24, 2.45) is 0 Å². The number of carbonyl (C=O) groups excluding carboxylic acids is 1. The predicted molar refractivity (Wildman–Crippen MR) is 121 cm³/mol. The van der Waals surface area contributed by atoms with Crippen LogP contribution in [0.4, 0.5) is 0 Å². The maximum absolute atomic E-state index is 12.9. The summed E-state index contributed by atoms with van der Waals surface area (Å²) in [5.74, 6) is 0.0877. The van der Waals surface area contributed by atoms with Gasteiger partial charge in [-0.25, -0.2) is 0 Å². The zero-order valence-electron chi connectivity index (χ0n) is 14.8. The van der Waals surface area contributed by atoms with Gasteiger partial charge in [-0.05, 0) is 59.7 Å². The summed E-state index contributed by atoms with van der Waals surface area (Å²) in [6, 6.07) is 23.6. The summed E-state index contributed by atoms with van der Waals surface area (Å²) in [7, 11) is 0. The van der Waals surface area contributed by atoms with Crippen LogP contribution in [-0.2, 0) is 12.8 Å². The Morgan fingerprint density at radius 3 is 1.57 bits per heavy atom. The first-order valence-electron chi connectivity index (χ1n) is 8.78. The number of benzene rings is 2. The molecule has 5 heteroatoms. The van der Waals surface area contributed by atoms with Crippen LogP contribution in [0.2, 0.25) is 10.0 Å². The van der Waals surface area contributed by atoms with Crippen LogP contribution in [0.5, 0.6) is 0 Å². The third kappa shape index (κ3) is 4.73. The lowest BCUT2D eigenvalue weighted by atomic mass is 10.1. The molecule has 0 aliphatic rings. The molecule has 0 fully saturated rings. The SMILES string of the molecule is O=C(c1ccc(Cc2cccc(Cl)c2)s1)c1ccc(Cc2cccc(Cl)c2)s1. The van der Waals surface area contributed by atoms with E-state index in [4.69, 9.17) is 23.2 Å². The monoisotopic (exact) mass is 442 g/mol. The molecule has 2 aromatic heterocycles. The fourth-order valence-corrected chi connectivity index (χ4v) is 5.49. The summed E-state index contributed by atoms with van der Waals surface area (Å²) >= 11 is 15.2. The van der Waals surface area contributed by atoms with Gasteiger partial charge in [0.05, 0.1) is 9.75 Å². The van der Waals surface area contributed by atoms with Crippen molar-refractivity contribution in [1.82, 2.24) is 0 Å². The van der Waals surface area contributed by atoms with E-state index in [1.165, 1.54) is 0 Å². The van der Waals surface area contributed by atoms with Crippen LogP contribution in [0.1, 0.15) is 35.4 Å². The first-order valence-corrected chi connectivity index (χ1v) is 11.2. The average Bonchev–Trinajstić information content (AvgIpc) is 3.31. The van der Waals surface area contributed by atoms with Crippen LogP contribution < -0.4 is 0 Å². The highest BCUT2D eigenvalue weighted by Gasteiger charge is 2.15. The number of rotatable bonds is 6. The average molecular weight is 443 g/mol. The Morgan fingerprint density at radius 1 is 0.679 bits per heavy atom. The molecule has 0 aliphatic carbocycles. The largest absolute Gasteiger partial charge is 0.287 e. The van der Waals surface area contributed by atoms with Crippen molar-refractivity contribution in [2.75, 3.05) is 0 Å². The minimum absolute atomic E-state index is 0.0877. The molecular weight excluding hydrogens is 427 g/mol. The maximum Gasteiger partial charge on any atom is 0.212 e.